The summed E-state index contributed by atoms with van der Waals surface area (Å²) in [5, 5.41) is 10.6. The van der Waals surface area contributed by atoms with Gasteiger partial charge in [0.15, 0.2) is 11.6 Å². The summed E-state index contributed by atoms with van der Waals surface area (Å²) in [5.41, 5.74) is -0.321. The molecule has 100 valence electrons. The summed E-state index contributed by atoms with van der Waals surface area (Å²) in [7, 11) is 0. The van der Waals surface area contributed by atoms with Crippen molar-refractivity contribution < 1.29 is 14.7 Å². The van der Waals surface area contributed by atoms with Gasteiger partial charge in [0, 0.05) is 12.0 Å². The molecule has 0 spiro atoms. The molecule has 0 amide bonds. The molecule has 0 bridgehead atoms. The standard InChI is InChI=1S/C15H22O3/c1-9(2)15(18)8-7-14(4)6-5-11(16)10(3)12(14)13(15)17/h9,18H,5-8H2,1-4H3/t14-,15+/m1/s1. The van der Waals surface area contributed by atoms with E-state index in [1.807, 2.05) is 13.8 Å². The molecule has 0 saturated heterocycles. The Bertz CT molecular complexity index is 447. The van der Waals surface area contributed by atoms with Gasteiger partial charge in [-0.2, -0.15) is 0 Å². The van der Waals surface area contributed by atoms with Crippen LogP contribution in [0.15, 0.2) is 11.1 Å². The second-order valence-electron chi connectivity index (χ2n) is 6.39. The first kappa shape index (κ1) is 13.5. The van der Waals surface area contributed by atoms with E-state index in [-0.39, 0.29) is 22.9 Å². The fraction of sp³-hybridized carbons (Fsp3) is 0.733. The fourth-order valence-electron chi connectivity index (χ4n) is 3.34. The molecule has 0 aromatic carbocycles. The van der Waals surface area contributed by atoms with E-state index >= 15 is 0 Å². The molecule has 1 N–H and O–H groups in total. The van der Waals surface area contributed by atoms with E-state index in [0.29, 0.717) is 24.0 Å². The maximum absolute atomic E-state index is 12.6. The van der Waals surface area contributed by atoms with Crippen LogP contribution in [-0.2, 0) is 9.59 Å². The van der Waals surface area contributed by atoms with Crippen LogP contribution in [0.3, 0.4) is 0 Å². The molecule has 0 aromatic heterocycles. The van der Waals surface area contributed by atoms with Crippen LogP contribution in [0.2, 0.25) is 0 Å². The molecule has 1 fully saturated rings. The van der Waals surface area contributed by atoms with Crippen LogP contribution in [0.25, 0.3) is 0 Å². The Kier molecular flexibility index (Phi) is 3.01. The van der Waals surface area contributed by atoms with Gasteiger partial charge in [0.1, 0.15) is 5.60 Å². The number of fused-ring (bicyclic) bond motifs is 1. The minimum Gasteiger partial charge on any atom is -0.381 e. The van der Waals surface area contributed by atoms with Crippen LogP contribution in [0.1, 0.15) is 53.4 Å². The summed E-state index contributed by atoms with van der Waals surface area (Å²) in [5.74, 6) is -0.271. The average molecular weight is 250 g/mol. The largest absolute Gasteiger partial charge is 0.381 e. The van der Waals surface area contributed by atoms with Crippen molar-refractivity contribution in [1.29, 1.82) is 0 Å². The molecule has 18 heavy (non-hydrogen) atoms. The van der Waals surface area contributed by atoms with Crippen molar-refractivity contribution in [3.63, 3.8) is 0 Å². The first-order valence-electron chi connectivity index (χ1n) is 6.74. The van der Waals surface area contributed by atoms with E-state index in [9.17, 15) is 14.7 Å². The summed E-state index contributed by atoms with van der Waals surface area (Å²) in [6.07, 6.45) is 2.55. The molecule has 1 saturated carbocycles. The summed E-state index contributed by atoms with van der Waals surface area (Å²) >= 11 is 0. The summed E-state index contributed by atoms with van der Waals surface area (Å²) in [6.45, 7) is 7.51. The van der Waals surface area contributed by atoms with E-state index in [1.54, 1.807) is 6.92 Å². The Labute approximate surface area is 108 Å². The molecular weight excluding hydrogens is 228 g/mol. The Morgan fingerprint density at radius 1 is 1.17 bits per heavy atom. The number of carbonyl (C=O) groups excluding carboxylic acids is 2. The third kappa shape index (κ3) is 1.68. The third-order valence-corrected chi connectivity index (χ3v) is 4.93. The van der Waals surface area contributed by atoms with Crippen LogP contribution in [0.4, 0.5) is 0 Å². The smallest absolute Gasteiger partial charge is 0.191 e. The van der Waals surface area contributed by atoms with Crippen molar-refractivity contribution in [2.45, 2.75) is 59.0 Å². The van der Waals surface area contributed by atoms with Gasteiger partial charge in [0.05, 0.1) is 0 Å². The Morgan fingerprint density at radius 3 is 2.33 bits per heavy atom. The van der Waals surface area contributed by atoms with Crippen LogP contribution >= 0.6 is 0 Å². The van der Waals surface area contributed by atoms with Crippen molar-refractivity contribution in [2.75, 3.05) is 0 Å². The number of Topliss-reactive ketones (excluding diaryl/α,β-unsaturated/α-hetero) is 2. The minimum absolute atomic E-state index is 0.0591. The molecule has 0 aromatic rings. The highest BCUT2D eigenvalue weighted by Gasteiger charge is 2.53. The zero-order valence-corrected chi connectivity index (χ0v) is 11.7. The van der Waals surface area contributed by atoms with Gasteiger partial charge in [0.25, 0.3) is 0 Å². The van der Waals surface area contributed by atoms with E-state index in [1.165, 1.54) is 0 Å². The van der Waals surface area contributed by atoms with Gasteiger partial charge in [-0.3, -0.25) is 9.59 Å². The molecule has 0 radical (unpaired) electrons. The second kappa shape index (κ2) is 4.02. The van der Waals surface area contributed by atoms with Crippen LogP contribution in [0.5, 0.6) is 0 Å². The summed E-state index contributed by atoms with van der Waals surface area (Å²) in [4.78, 5) is 24.4. The van der Waals surface area contributed by atoms with E-state index in [0.717, 1.165) is 12.8 Å². The van der Waals surface area contributed by atoms with Crippen LogP contribution in [0, 0.1) is 11.3 Å². The van der Waals surface area contributed by atoms with Gasteiger partial charge in [-0.1, -0.05) is 20.8 Å². The number of hydrogen-bond donors (Lipinski definition) is 1. The number of hydrogen-bond acceptors (Lipinski definition) is 3. The number of ketones is 2. The lowest BCUT2D eigenvalue weighted by Crippen LogP contribution is -2.53. The van der Waals surface area contributed by atoms with Crippen molar-refractivity contribution in [1.82, 2.24) is 0 Å². The lowest BCUT2D eigenvalue weighted by molar-refractivity contribution is -0.145. The molecule has 3 nitrogen and oxygen atoms in total. The minimum atomic E-state index is -1.28. The van der Waals surface area contributed by atoms with E-state index in [2.05, 4.69) is 6.92 Å². The molecule has 0 unspecified atom stereocenters. The highest BCUT2D eigenvalue weighted by molar-refractivity contribution is 6.11. The predicted octanol–water partition coefficient (Wildman–Crippen LogP) is 2.42. The Hall–Kier alpha value is -0.960. The molecular formula is C15H22O3. The molecule has 2 rings (SSSR count). The fourth-order valence-corrected chi connectivity index (χ4v) is 3.34. The van der Waals surface area contributed by atoms with Gasteiger partial charge in [0.2, 0.25) is 0 Å². The highest BCUT2D eigenvalue weighted by atomic mass is 16.3. The number of carbonyl (C=O) groups is 2. The average Bonchev–Trinajstić information content (AvgIpc) is 2.30. The van der Waals surface area contributed by atoms with Gasteiger partial charge in [-0.25, -0.2) is 0 Å². The normalized spacial score (nSPS) is 37.2. The molecule has 2 atom stereocenters. The highest BCUT2D eigenvalue weighted by Crippen LogP contribution is 2.51. The maximum atomic E-state index is 12.6. The molecule has 2 aliphatic carbocycles. The first-order valence-corrected chi connectivity index (χ1v) is 6.74. The SMILES string of the molecule is CC1=C2C(=O)[C@@](O)(C(C)C)CC[C@@]2(C)CCC1=O. The first-order chi connectivity index (χ1) is 8.22. The Morgan fingerprint density at radius 2 is 1.78 bits per heavy atom. The lowest BCUT2D eigenvalue weighted by Gasteiger charge is -2.47. The van der Waals surface area contributed by atoms with Crippen molar-refractivity contribution >= 4 is 11.6 Å². The summed E-state index contributed by atoms with van der Waals surface area (Å²) < 4.78 is 0. The predicted molar refractivity (Wildman–Crippen MR) is 69.1 cm³/mol. The number of rotatable bonds is 1. The monoisotopic (exact) mass is 250 g/mol. The van der Waals surface area contributed by atoms with Gasteiger partial charge in [-0.05, 0) is 43.1 Å². The lowest BCUT2D eigenvalue weighted by atomic mass is 9.58. The number of aliphatic hydroxyl groups is 1. The van der Waals surface area contributed by atoms with Crippen molar-refractivity contribution in [2.24, 2.45) is 11.3 Å². The van der Waals surface area contributed by atoms with Gasteiger partial charge in [-0.15, -0.1) is 0 Å². The Balaban J connectivity index is 2.55. The van der Waals surface area contributed by atoms with Crippen LogP contribution in [-0.4, -0.2) is 22.3 Å². The van der Waals surface area contributed by atoms with E-state index < -0.39 is 5.60 Å². The van der Waals surface area contributed by atoms with Gasteiger partial charge >= 0.3 is 0 Å². The van der Waals surface area contributed by atoms with Crippen LogP contribution < -0.4 is 0 Å². The third-order valence-electron chi connectivity index (χ3n) is 4.93. The second-order valence-corrected chi connectivity index (χ2v) is 6.39. The quantitative estimate of drug-likeness (QED) is 0.777. The molecule has 3 heteroatoms. The van der Waals surface area contributed by atoms with Crippen molar-refractivity contribution in [3.8, 4) is 0 Å². The van der Waals surface area contributed by atoms with Crippen molar-refractivity contribution in [3.05, 3.63) is 11.1 Å². The number of allylic oxidation sites excluding steroid dienone is 1. The zero-order valence-electron chi connectivity index (χ0n) is 11.7. The van der Waals surface area contributed by atoms with Gasteiger partial charge < -0.3 is 5.11 Å². The topological polar surface area (TPSA) is 54.4 Å². The van der Waals surface area contributed by atoms with E-state index in [4.69, 9.17) is 0 Å². The maximum Gasteiger partial charge on any atom is 0.191 e. The zero-order chi connectivity index (χ0) is 13.7. The molecule has 0 heterocycles. The summed E-state index contributed by atoms with van der Waals surface area (Å²) in [6, 6.07) is 0. The molecule has 2 aliphatic rings. The molecule has 0 aliphatic heterocycles.